The van der Waals surface area contributed by atoms with E-state index in [4.69, 9.17) is 4.74 Å². The Morgan fingerprint density at radius 3 is 2.52 bits per heavy atom. The van der Waals surface area contributed by atoms with E-state index >= 15 is 0 Å². The summed E-state index contributed by atoms with van der Waals surface area (Å²) in [7, 11) is 0. The maximum absolute atomic E-state index is 11.6. The predicted octanol–water partition coefficient (Wildman–Crippen LogP) is 4.49. The van der Waals surface area contributed by atoms with Crippen molar-refractivity contribution in [2.45, 2.75) is 84.8 Å². The van der Waals surface area contributed by atoms with Crippen LogP contribution < -0.4 is 0 Å². The van der Waals surface area contributed by atoms with Crippen molar-refractivity contribution in [3.63, 3.8) is 0 Å². The van der Waals surface area contributed by atoms with E-state index in [1.165, 1.54) is 19.8 Å². The Kier molecular flexibility index (Phi) is 3.76. The molecule has 0 aromatic carbocycles. The second kappa shape index (κ2) is 5.34. The second-order valence-electron chi connectivity index (χ2n) is 10.3. The van der Waals surface area contributed by atoms with E-state index in [0.29, 0.717) is 17.8 Å². The van der Waals surface area contributed by atoms with Crippen molar-refractivity contribution in [3.05, 3.63) is 12.2 Å². The van der Waals surface area contributed by atoms with Crippen LogP contribution in [-0.4, -0.2) is 23.3 Å². The van der Waals surface area contributed by atoms with Crippen molar-refractivity contribution in [2.24, 2.45) is 34.0 Å². The Morgan fingerprint density at radius 2 is 1.84 bits per heavy atom. The van der Waals surface area contributed by atoms with Crippen molar-refractivity contribution in [1.82, 2.24) is 0 Å². The normalized spacial score (nSPS) is 50.8. The van der Waals surface area contributed by atoms with Gasteiger partial charge >= 0.3 is 5.97 Å². The van der Waals surface area contributed by atoms with E-state index in [9.17, 15) is 9.90 Å². The highest BCUT2D eigenvalue weighted by Gasteiger charge is 2.67. The molecule has 1 N–H and O–H groups in total. The van der Waals surface area contributed by atoms with Crippen LogP contribution in [0.3, 0.4) is 0 Å². The van der Waals surface area contributed by atoms with Gasteiger partial charge in [0, 0.05) is 17.8 Å². The van der Waals surface area contributed by atoms with Gasteiger partial charge in [0.2, 0.25) is 0 Å². The molecule has 2 bridgehead atoms. The number of fused-ring (bicyclic) bond motifs is 3. The van der Waals surface area contributed by atoms with Crippen LogP contribution in [0.1, 0.15) is 72.6 Å². The summed E-state index contributed by atoms with van der Waals surface area (Å²) >= 11 is 0. The summed E-state index contributed by atoms with van der Waals surface area (Å²) in [6.07, 6.45) is 7.57. The summed E-state index contributed by atoms with van der Waals surface area (Å²) in [4.78, 5) is 11.6. The molecule has 4 aliphatic carbocycles. The molecule has 7 unspecified atom stereocenters. The first kappa shape index (κ1) is 17.6. The van der Waals surface area contributed by atoms with Crippen molar-refractivity contribution < 1.29 is 14.6 Å². The third-order valence-corrected chi connectivity index (χ3v) is 9.02. The maximum atomic E-state index is 11.6. The number of hydrogen-bond acceptors (Lipinski definition) is 3. The van der Waals surface area contributed by atoms with Crippen LogP contribution in [0.2, 0.25) is 0 Å². The molecule has 140 valence electrons. The van der Waals surface area contributed by atoms with Crippen LogP contribution in [0.5, 0.6) is 0 Å². The molecule has 0 heterocycles. The van der Waals surface area contributed by atoms with Gasteiger partial charge in [0.05, 0.1) is 6.10 Å². The van der Waals surface area contributed by atoms with Crippen molar-refractivity contribution in [3.8, 4) is 0 Å². The molecule has 25 heavy (non-hydrogen) atoms. The summed E-state index contributed by atoms with van der Waals surface area (Å²) in [6, 6.07) is 0. The van der Waals surface area contributed by atoms with Gasteiger partial charge in [0.25, 0.3) is 0 Å². The van der Waals surface area contributed by atoms with Gasteiger partial charge in [-0.1, -0.05) is 27.4 Å². The third-order valence-electron chi connectivity index (χ3n) is 9.02. The SMILES string of the molecule is C=C1C2CCC3C4(C)CCC(OC(C)=O)C(C)(C)C4CCC3(C2)C1O. The van der Waals surface area contributed by atoms with Crippen LogP contribution in [0.15, 0.2) is 12.2 Å². The minimum absolute atomic E-state index is 0.00229. The molecule has 0 aromatic rings. The highest BCUT2D eigenvalue weighted by Crippen LogP contribution is 2.72. The van der Waals surface area contributed by atoms with Crippen LogP contribution in [0, 0.1) is 34.0 Å². The number of ether oxygens (including phenoxy) is 1. The average molecular weight is 347 g/mol. The molecule has 0 radical (unpaired) electrons. The topological polar surface area (TPSA) is 46.5 Å². The van der Waals surface area contributed by atoms with Gasteiger partial charge in [0.1, 0.15) is 6.10 Å². The van der Waals surface area contributed by atoms with Crippen LogP contribution in [0.4, 0.5) is 0 Å². The first-order valence-electron chi connectivity index (χ1n) is 10.2. The fourth-order valence-corrected chi connectivity index (χ4v) is 7.97. The van der Waals surface area contributed by atoms with E-state index in [0.717, 1.165) is 37.7 Å². The standard InChI is InChI=1S/C22H34O3/c1-13-15-6-7-17-21(5)10-9-18(25-14(2)23)20(3,4)16(21)8-11-22(17,12-15)19(13)24/h15-19,24H,1,6-12H2,2-5H3. The number of aliphatic hydroxyl groups is 1. The van der Waals surface area contributed by atoms with Gasteiger partial charge in [-0.15, -0.1) is 0 Å². The van der Waals surface area contributed by atoms with Crippen LogP contribution in [-0.2, 0) is 9.53 Å². The van der Waals surface area contributed by atoms with E-state index in [1.54, 1.807) is 0 Å². The van der Waals surface area contributed by atoms with Gasteiger partial charge < -0.3 is 9.84 Å². The lowest BCUT2D eigenvalue weighted by Gasteiger charge is -2.65. The zero-order valence-corrected chi connectivity index (χ0v) is 16.3. The van der Waals surface area contributed by atoms with Crippen LogP contribution in [0.25, 0.3) is 0 Å². The lowest BCUT2D eigenvalue weighted by atomic mass is 9.40. The molecule has 0 aliphatic heterocycles. The maximum Gasteiger partial charge on any atom is 0.302 e. The van der Waals surface area contributed by atoms with Crippen molar-refractivity contribution in [1.29, 1.82) is 0 Å². The fraction of sp³-hybridized carbons (Fsp3) is 0.864. The zero-order chi connectivity index (χ0) is 18.2. The quantitative estimate of drug-likeness (QED) is 0.562. The lowest BCUT2D eigenvalue weighted by molar-refractivity contribution is -0.206. The minimum atomic E-state index is -0.308. The molecule has 0 amide bonds. The van der Waals surface area contributed by atoms with Gasteiger partial charge in [-0.05, 0) is 73.7 Å². The summed E-state index contributed by atoms with van der Waals surface area (Å²) in [6.45, 7) is 12.9. The minimum Gasteiger partial charge on any atom is -0.462 e. The monoisotopic (exact) mass is 346 g/mol. The number of hydrogen-bond donors (Lipinski definition) is 1. The summed E-state index contributed by atoms with van der Waals surface area (Å²) in [5.41, 5.74) is 1.40. The number of carbonyl (C=O) groups is 1. The summed E-state index contributed by atoms with van der Waals surface area (Å²) < 4.78 is 5.73. The van der Waals surface area contributed by atoms with Gasteiger partial charge in [-0.25, -0.2) is 0 Å². The number of esters is 1. The molecule has 3 nitrogen and oxygen atoms in total. The Balaban J connectivity index is 1.69. The number of rotatable bonds is 1. The fourth-order valence-electron chi connectivity index (χ4n) is 7.97. The Labute approximate surface area is 152 Å². The van der Waals surface area contributed by atoms with E-state index < -0.39 is 0 Å². The molecule has 4 aliphatic rings. The summed E-state index contributed by atoms with van der Waals surface area (Å²) in [5, 5.41) is 11.1. The van der Waals surface area contributed by atoms with Gasteiger partial charge in [0.15, 0.2) is 0 Å². The largest absolute Gasteiger partial charge is 0.462 e. The number of carbonyl (C=O) groups excluding carboxylic acids is 1. The van der Waals surface area contributed by atoms with Crippen molar-refractivity contribution in [2.75, 3.05) is 0 Å². The lowest BCUT2D eigenvalue weighted by Crippen LogP contribution is -2.61. The molecule has 0 aromatic heterocycles. The Bertz CT molecular complexity index is 608. The molecule has 0 saturated heterocycles. The van der Waals surface area contributed by atoms with E-state index in [2.05, 4.69) is 27.4 Å². The van der Waals surface area contributed by atoms with E-state index in [-0.39, 0.29) is 34.4 Å². The molecular formula is C22H34O3. The molecule has 4 rings (SSSR count). The molecule has 4 saturated carbocycles. The number of aliphatic hydroxyl groups excluding tert-OH is 1. The summed E-state index contributed by atoms with van der Waals surface area (Å²) in [5.74, 6) is 1.50. The predicted molar refractivity (Wildman–Crippen MR) is 97.8 cm³/mol. The third kappa shape index (κ3) is 2.17. The Morgan fingerprint density at radius 1 is 1.12 bits per heavy atom. The molecular weight excluding hydrogens is 312 g/mol. The smallest absolute Gasteiger partial charge is 0.302 e. The first-order valence-corrected chi connectivity index (χ1v) is 10.2. The molecule has 3 heteroatoms. The molecule has 4 fully saturated rings. The zero-order valence-electron chi connectivity index (χ0n) is 16.3. The Hall–Kier alpha value is -0.830. The average Bonchev–Trinajstić information content (AvgIpc) is 2.71. The highest BCUT2D eigenvalue weighted by molar-refractivity contribution is 5.66. The first-order chi connectivity index (χ1) is 11.6. The highest BCUT2D eigenvalue weighted by atomic mass is 16.5. The second-order valence-corrected chi connectivity index (χ2v) is 10.3. The molecule has 1 spiro atoms. The van der Waals surface area contributed by atoms with E-state index in [1.807, 2.05) is 0 Å². The van der Waals surface area contributed by atoms with Crippen LogP contribution >= 0.6 is 0 Å². The van der Waals surface area contributed by atoms with Crippen molar-refractivity contribution >= 4 is 5.97 Å². The van der Waals surface area contributed by atoms with Gasteiger partial charge in [-0.2, -0.15) is 0 Å². The van der Waals surface area contributed by atoms with Gasteiger partial charge in [-0.3, -0.25) is 4.79 Å². The molecule has 7 atom stereocenters.